The lowest BCUT2D eigenvalue weighted by Gasteiger charge is -2.42. The Labute approximate surface area is 207 Å². The fourth-order valence-corrected chi connectivity index (χ4v) is 4.15. The maximum Gasteiger partial charge on any atom is 0.410 e. The van der Waals surface area contributed by atoms with Gasteiger partial charge in [0.2, 0.25) is 11.8 Å². The second-order valence-electron chi connectivity index (χ2n) is 10.3. The molecule has 194 valence electrons. The van der Waals surface area contributed by atoms with Crippen molar-refractivity contribution in [1.29, 1.82) is 0 Å². The monoisotopic (exact) mass is 489 g/mol. The maximum absolute atomic E-state index is 13.8. The summed E-state index contributed by atoms with van der Waals surface area (Å²) in [6, 6.07) is 7.38. The molecule has 1 heterocycles. The van der Waals surface area contributed by atoms with E-state index in [2.05, 4.69) is 10.6 Å². The van der Waals surface area contributed by atoms with Crippen molar-refractivity contribution in [2.45, 2.75) is 83.9 Å². The highest BCUT2D eigenvalue weighted by atomic mass is 16.6. The zero-order valence-electron chi connectivity index (χ0n) is 21.6. The molecule has 3 unspecified atom stereocenters. The molecule has 1 saturated heterocycles. The number of aliphatic carboxylic acids is 1. The van der Waals surface area contributed by atoms with E-state index in [0.717, 1.165) is 5.56 Å². The molecule has 1 aliphatic rings. The van der Waals surface area contributed by atoms with Crippen molar-refractivity contribution in [3.63, 3.8) is 0 Å². The molecule has 1 aromatic carbocycles. The van der Waals surface area contributed by atoms with Gasteiger partial charge in [0.1, 0.15) is 17.7 Å². The molecule has 1 fully saturated rings. The van der Waals surface area contributed by atoms with Gasteiger partial charge in [-0.15, -0.1) is 0 Å². The summed E-state index contributed by atoms with van der Waals surface area (Å²) in [5, 5.41) is 14.6. The number of nitrogens with one attached hydrogen (secondary N) is 2. The van der Waals surface area contributed by atoms with Crippen LogP contribution >= 0.6 is 0 Å². The molecule has 1 aliphatic heterocycles. The average molecular weight is 490 g/mol. The molecule has 0 radical (unpaired) electrons. The van der Waals surface area contributed by atoms with Gasteiger partial charge in [-0.2, -0.15) is 0 Å². The van der Waals surface area contributed by atoms with Crippen LogP contribution in [0.1, 0.15) is 66.4 Å². The highest BCUT2D eigenvalue weighted by Crippen LogP contribution is 2.36. The number of carboxylic acids is 1. The zero-order chi connectivity index (χ0) is 26.4. The minimum absolute atomic E-state index is 0.213. The lowest BCUT2D eigenvalue weighted by atomic mass is 9.71. The van der Waals surface area contributed by atoms with Crippen LogP contribution in [0.2, 0.25) is 0 Å². The van der Waals surface area contributed by atoms with Crippen LogP contribution < -0.4 is 10.6 Å². The molecule has 9 nitrogen and oxygen atoms in total. The Morgan fingerprint density at radius 2 is 1.63 bits per heavy atom. The van der Waals surface area contributed by atoms with Crippen molar-refractivity contribution in [2.75, 3.05) is 13.1 Å². The number of carboxylic acid groups (broad SMARTS) is 1. The van der Waals surface area contributed by atoms with Crippen LogP contribution in [0.4, 0.5) is 4.79 Å². The third-order valence-corrected chi connectivity index (χ3v) is 6.54. The highest BCUT2D eigenvalue weighted by molar-refractivity contribution is 5.94. The molecule has 35 heavy (non-hydrogen) atoms. The first kappa shape index (κ1) is 28.1. The number of piperidine rings is 1. The van der Waals surface area contributed by atoms with E-state index in [1.165, 1.54) is 6.92 Å². The normalized spacial score (nSPS) is 18.1. The van der Waals surface area contributed by atoms with Crippen molar-refractivity contribution < 1.29 is 29.0 Å². The number of amides is 3. The first-order valence-electron chi connectivity index (χ1n) is 12.2. The summed E-state index contributed by atoms with van der Waals surface area (Å²) in [6.45, 7) is 11.2. The molecule has 3 atom stereocenters. The quantitative estimate of drug-likeness (QED) is 0.515. The van der Waals surface area contributed by atoms with Crippen LogP contribution in [0, 0.1) is 5.92 Å². The number of carbonyl (C=O) groups is 4. The number of nitrogens with zero attached hydrogens (tertiary/aromatic N) is 1. The number of ether oxygens (including phenoxy) is 1. The summed E-state index contributed by atoms with van der Waals surface area (Å²) in [7, 11) is 0. The fourth-order valence-electron chi connectivity index (χ4n) is 4.15. The molecule has 2 rings (SSSR count). The molecule has 0 bridgehead atoms. The summed E-state index contributed by atoms with van der Waals surface area (Å²) in [6.07, 6.45) is 0.925. The second-order valence-corrected chi connectivity index (χ2v) is 10.3. The minimum Gasteiger partial charge on any atom is -0.480 e. The van der Waals surface area contributed by atoms with Crippen molar-refractivity contribution >= 4 is 23.9 Å². The van der Waals surface area contributed by atoms with Gasteiger partial charge < -0.3 is 25.4 Å². The molecule has 3 amide bonds. The molecule has 0 spiro atoms. The lowest BCUT2D eigenvalue weighted by molar-refractivity contribution is -0.142. The Balaban J connectivity index is 2.29. The SMILES string of the molecule is CCC(C)C(NC(=O)C1(c2ccccc2)CCN(C(=O)OC(C)(C)C)CC1)C(=O)NC(C)C(=O)O. The van der Waals surface area contributed by atoms with E-state index in [4.69, 9.17) is 4.74 Å². The van der Waals surface area contributed by atoms with Crippen LogP contribution in [0.3, 0.4) is 0 Å². The van der Waals surface area contributed by atoms with E-state index in [1.54, 1.807) is 4.90 Å². The number of likely N-dealkylation sites (tertiary alicyclic amines) is 1. The Kier molecular flexibility index (Phi) is 9.29. The van der Waals surface area contributed by atoms with Crippen LogP contribution in [0.25, 0.3) is 0 Å². The van der Waals surface area contributed by atoms with E-state index in [0.29, 0.717) is 32.4 Å². The highest BCUT2D eigenvalue weighted by Gasteiger charge is 2.45. The van der Waals surface area contributed by atoms with E-state index in [-0.39, 0.29) is 11.8 Å². The van der Waals surface area contributed by atoms with Gasteiger partial charge in [0.25, 0.3) is 0 Å². The fraction of sp³-hybridized carbons (Fsp3) is 0.615. The molecule has 0 saturated carbocycles. The molecule has 0 aromatic heterocycles. The third kappa shape index (κ3) is 7.19. The van der Waals surface area contributed by atoms with E-state index >= 15 is 0 Å². The Hall–Kier alpha value is -3.10. The minimum atomic E-state index is -1.15. The van der Waals surface area contributed by atoms with Gasteiger partial charge in [0.05, 0.1) is 5.41 Å². The van der Waals surface area contributed by atoms with Crippen molar-refractivity contribution in [3.05, 3.63) is 35.9 Å². The predicted octanol–water partition coefficient (Wildman–Crippen LogP) is 3.08. The van der Waals surface area contributed by atoms with Crippen molar-refractivity contribution in [3.8, 4) is 0 Å². The summed E-state index contributed by atoms with van der Waals surface area (Å²) < 4.78 is 5.50. The Morgan fingerprint density at radius 3 is 2.11 bits per heavy atom. The van der Waals surface area contributed by atoms with Crippen molar-refractivity contribution in [2.24, 2.45) is 5.92 Å². The van der Waals surface area contributed by atoms with Gasteiger partial charge in [-0.1, -0.05) is 50.6 Å². The van der Waals surface area contributed by atoms with Gasteiger partial charge in [-0.25, -0.2) is 4.79 Å². The third-order valence-electron chi connectivity index (χ3n) is 6.54. The predicted molar refractivity (Wildman–Crippen MR) is 132 cm³/mol. The Bertz CT molecular complexity index is 903. The van der Waals surface area contributed by atoms with Crippen molar-refractivity contribution in [1.82, 2.24) is 15.5 Å². The van der Waals surface area contributed by atoms with Gasteiger partial charge in [-0.3, -0.25) is 14.4 Å². The van der Waals surface area contributed by atoms with Gasteiger partial charge >= 0.3 is 12.1 Å². The first-order valence-corrected chi connectivity index (χ1v) is 12.2. The summed E-state index contributed by atoms with van der Waals surface area (Å²) in [4.78, 5) is 52.2. The van der Waals surface area contributed by atoms with Crippen LogP contribution in [0.15, 0.2) is 30.3 Å². The van der Waals surface area contributed by atoms with E-state index in [9.17, 15) is 24.3 Å². The number of hydrogen-bond acceptors (Lipinski definition) is 5. The van der Waals surface area contributed by atoms with E-state index < -0.39 is 41.1 Å². The first-order chi connectivity index (χ1) is 16.3. The maximum atomic E-state index is 13.8. The summed E-state index contributed by atoms with van der Waals surface area (Å²) in [5.74, 6) is -2.20. The smallest absolute Gasteiger partial charge is 0.410 e. The van der Waals surface area contributed by atoms with Gasteiger partial charge in [0, 0.05) is 13.1 Å². The molecule has 1 aromatic rings. The standard InChI is InChI=1S/C26H39N3O6/c1-7-17(2)20(21(30)27-18(3)22(31)32)28-23(33)26(19-11-9-8-10-12-19)13-15-29(16-14-26)24(34)35-25(4,5)6/h8-12,17-18,20H,7,13-16H2,1-6H3,(H,27,30)(H,28,33)(H,31,32). The van der Waals surface area contributed by atoms with Crippen LogP contribution in [-0.2, 0) is 24.5 Å². The molecule has 3 N–H and O–H groups in total. The molecule has 0 aliphatic carbocycles. The summed E-state index contributed by atoms with van der Waals surface area (Å²) in [5.41, 5.74) is -0.750. The zero-order valence-corrected chi connectivity index (χ0v) is 21.6. The van der Waals surface area contributed by atoms with E-state index in [1.807, 2.05) is 65.0 Å². The largest absolute Gasteiger partial charge is 0.480 e. The topological polar surface area (TPSA) is 125 Å². The number of hydrogen-bond donors (Lipinski definition) is 3. The Morgan fingerprint density at radius 1 is 1.06 bits per heavy atom. The average Bonchev–Trinajstić information content (AvgIpc) is 2.81. The second kappa shape index (κ2) is 11.6. The van der Waals surface area contributed by atoms with Gasteiger partial charge in [0.15, 0.2) is 0 Å². The van der Waals surface area contributed by atoms with Crippen LogP contribution in [0.5, 0.6) is 0 Å². The van der Waals surface area contributed by atoms with Gasteiger partial charge in [-0.05, 0) is 52.0 Å². The number of rotatable bonds is 8. The molecular formula is C26H39N3O6. The molecular weight excluding hydrogens is 450 g/mol. The lowest BCUT2D eigenvalue weighted by Crippen LogP contribution is -2.59. The number of carbonyl (C=O) groups excluding carboxylic acids is 3. The molecule has 9 heteroatoms. The van der Waals surface area contributed by atoms with Crippen LogP contribution in [-0.4, -0.2) is 64.7 Å². The summed E-state index contributed by atoms with van der Waals surface area (Å²) >= 11 is 0. The number of benzene rings is 1.